The fraction of sp³-hybridized carbons (Fsp3) is 0.667. The third-order valence-corrected chi connectivity index (χ3v) is 6.43. The van der Waals surface area contributed by atoms with Crippen LogP contribution in [0.15, 0.2) is 23.0 Å². The van der Waals surface area contributed by atoms with Gasteiger partial charge in [-0.1, -0.05) is 26.0 Å². The first kappa shape index (κ1) is 18.4. The van der Waals surface area contributed by atoms with Crippen molar-refractivity contribution in [3.8, 4) is 0 Å². The maximum absolute atomic E-state index is 13.2. The van der Waals surface area contributed by atoms with Crippen molar-refractivity contribution in [1.29, 1.82) is 0 Å². The van der Waals surface area contributed by atoms with Crippen LogP contribution in [0, 0.1) is 0 Å². The van der Waals surface area contributed by atoms with Crippen LogP contribution < -0.4 is 5.69 Å². The van der Waals surface area contributed by atoms with Gasteiger partial charge in [0.25, 0.3) is 0 Å². The molecule has 2 saturated heterocycles. The standard InChI is InChI=1S/C21H28N2O5/c1-20(2)9-10-22-15-12(20)7-6-8-13(15)23(19(22)24)11-14-16-17(18(25-5)26-14)28-21(3,4)27-16/h6-8,14,16-18H,9-11H2,1-5H3/t14-,16-,17-,18?/m1/s1. The zero-order valence-corrected chi connectivity index (χ0v) is 17.1. The van der Waals surface area contributed by atoms with Crippen LogP contribution in [-0.2, 0) is 37.5 Å². The molecule has 0 N–H and O–H groups in total. The van der Waals surface area contributed by atoms with Crippen LogP contribution in [0.2, 0.25) is 0 Å². The van der Waals surface area contributed by atoms with Crippen molar-refractivity contribution in [2.24, 2.45) is 0 Å². The molecule has 7 heteroatoms. The largest absolute Gasteiger partial charge is 0.353 e. The van der Waals surface area contributed by atoms with E-state index in [4.69, 9.17) is 18.9 Å². The lowest BCUT2D eigenvalue weighted by molar-refractivity contribution is -0.228. The quantitative estimate of drug-likeness (QED) is 0.808. The number of benzene rings is 1. The van der Waals surface area contributed by atoms with Gasteiger partial charge in [0.2, 0.25) is 0 Å². The number of nitrogens with zero attached hydrogens (tertiary/aromatic N) is 2. The molecule has 4 heterocycles. The smallest absolute Gasteiger partial charge is 0.329 e. The minimum absolute atomic E-state index is 0.0112. The fourth-order valence-electron chi connectivity index (χ4n) is 4.99. The second-order valence-corrected chi connectivity index (χ2v) is 9.20. The maximum Gasteiger partial charge on any atom is 0.329 e. The molecule has 152 valence electrons. The van der Waals surface area contributed by atoms with Crippen molar-refractivity contribution >= 4 is 11.0 Å². The van der Waals surface area contributed by atoms with Crippen LogP contribution >= 0.6 is 0 Å². The predicted octanol–water partition coefficient (Wildman–Crippen LogP) is 2.38. The molecule has 0 saturated carbocycles. The van der Waals surface area contributed by atoms with Crippen LogP contribution in [0.1, 0.15) is 39.7 Å². The van der Waals surface area contributed by atoms with Gasteiger partial charge < -0.3 is 18.9 Å². The lowest BCUT2D eigenvalue weighted by atomic mass is 9.79. The molecule has 7 nitrogen and oxygen atoms in total. The molecule has 28 heavy (non-hydrogen) atoms. The van der Waals surface area contributed by atoms with E-state index in [-0.39, 0.29) is 29.4 Å². The summed E-state index contributed by atoms with van der Waals surface area (Å²) in [5, 5.41) is 0. The van der Waals surface area contributed by atoms with Crippen molar-refractivity contribution in [1.82, 2.24) is 9.13 Å². The van der Waals surface area contributed by atoms with E-state index in [0.717, 1.165) is 24.0 Å². The number of imidazole rings is 1. The van der Waals surface area contributed by atoms with Gasteiger partial charge in [-0.15, -0.1) is 0 Å². The molecule has 0 radical (unpaired) electrons. The Morgan fingerprint density at radius 3 is 2.68 bits per heavy atom. The minimum atomic E-state index is -0.687. The van der Waals surface area contributed by atoms with Crippen molar-refractivity contribution in [3.05, 3.63) is 34.2 Å². The molecule has 3 aliphatic rings. The molecule has 1 unspecified atom stereocenters. The lowest BCUT2D eigenvalue weighted by Crippen LogP contribution is -2.37. The first-order valence-electron chi connectivity index (χ1n) is 9.98. The number of aryl methyl sites for hydroxylation is 1. The van der Waals surface area contributed by atoms with Crippen molar-refractivity contribution in [3.63, 3.8) is 0 Å². The van der Waals surface area contributed by atoms with Crippen molar-refractivity contribution in [2.75, 3.05) is 7.11 Å². The molecule has 0 amide bonds. The molecule has 0 bridgehead atoms. The number of fused-ring (bicyclic) bond motifs is 1. The molecule has 1 aromatic carbocycles. The second-order valence-electron chi connectivity index (χ2n) is 9.20. The Bertz CT molecular complexity index is 989. The SMILES string of the molecule is COC1O[C@H](Cn2c(=O)n3c4c(cccc42)C(C)(C)CC3)[C@H]2OC(C)(C)O[C@@H]12. The highest BCUT2D eigenvalue weighted by Crippen LogP contribution is 2.40. The Labute approximate surface area is 164 Å². The summed E-state index contributed by atoms with van der Waals surface area (Å²) in [6, 6.07) is 6.20. The highest BCUT2D eigenvalue weighted by molar-refractivity contribution is 5.81. The molecular weight excluding hydrogens is 360 g/mol. The van der Waals surface area contributed by atoms with Gasteiger partial charge in [-0.25, -0.2) is 4.79 Å². The second kappa shape index (κ2) is 5.92. The van der Waals surface area contributed by atoms with Gasteiger partial charge in [0.1, 0.15) is 18.3 Å². The Kier molecular flexibility index (Phi) is 3.88. The molecule has 5 rings (SSSR count). The highest BCUT2D eigenvalue weighted by Gasteiger charge is 2.55. The van der Waals surface area contributed by atoms with Gasteiger partial charge in [0.05, 0.1) is 17.6 Å². The topological polar surface area (TPSA) is 63.9 Å². The molecule has 0 spiro atoms. The highest BCUT2D eigenvalue weighted by atomic mass is 16.8. The Morgan fingerprint density at radius 2 is 1.93 bits per heavy atom. The fourth-order valence-corrected chi connectivity index (χ4v) is 4.99. The van der Waals surface area contributed by atoms with Gasteiger partial charge in [0, 0.05) is 13.7 Å². The van der Waals surface area contributed by atoms with Gasteiger partial charge in [-0.3, -0.25) is 9.13 Å². The summed E-state index contributed by atoms with van der Waals surface area (Å²) in [6.45, 7) is 9.41. The molecule has 0 aliphatic carbocycles. The van der Waals surface area contributed by atoms with Gasteiger partial charge in [-0.05, 0) is 37.3 Å². The monoisotopic (exact) mass is 388 g/mol. The third-order valence-electron chi connectivity index (χ3n) is 6.43. The molecule has 3 aliphatic heterocycles. The average molecular weight is 388 g/mol. The number of para-hydroxylation sites is 1. The summed E-state index contributed by atoms with van der Waals surface area (Å²) in [6.07, 6.45) is -0.420. The number of hydrogen-bond donors (Lipinski definition) is 0. The van der Waals surface area contributed by atoms with E-state index in [2.05, 4.69) is 19.9 Å². The molecule has 4 atom stereocenters. The van der Waals surface area contributed by atoms with Gasteiger partial charge >= 0.3 is 5.69 Å². The summed E-state index contributed by atoms with van der Waals surface area (Å²) in [5.74, 6) is -0.687. The Morgan fingerprint density at radius 1 is 1.18 bits per heavy atom. The molecule has 2 aromatic rings. The number of hydrogen-bond acceptors (Lipinski definition) is 5. The maximum atomic E-state index is 13.2. The van der Waals surface area contributed by atoms with E-state index in [1.165, 1.54) is 5.56 Å². The first-order chi connectivity index (χ1) is 13.2. The zero-order chi connectivity index (χ0) is 19.8. The van der Waals surface area contributed by atoms with Crippen LogP contribution in [-0.4, -0.2) is 46.6 Å². The van der Waals surface area contributed by atoms with Crippen molar-refractivity contribution < 1.29 is 18.9 Å². The van der Waals surface area contributed by atoms with E-state index in [1.807, 2.05) is 35.1 Å². The van der Waals surface area contributed by atoms with E-state index in [1.54, 1.807) is 7.11 Å². The minimum Gasteiger partial charge on any atom is -0.353 e. The van der Waals surface area contributed by atoms with Crippen LogP contribution in [0.25, 0.3) is 11.0 Å². The summed E-state index contributed by atoms with van der Waals surface area (Å²) in [4.78, 5) is 13.2. The predicted molar refractivity (Wildman–Crippen MR) is 103 cm³/mol. The van der Waals surface area contributed by atoms with E-state index in [9.17, 15) is 4.79 Å². The summed E-state index contributed by atoms with van der Waals surface area (Å²) in [7, 11) is 1.60. The number of aromatic nitrogens is 2. The zero-order valence-electron chi connectivity index (χ0n) is 17.1. The van der Waals surface area contributed by atoms with Crippen LogP contribution in [0.4, 0.5) is 0 Å². The van der Waals surface area contributed by atoms with Gasteiger partial charge in [-0.2, -0.15) is 0 Å². The Hall–Kier alpha value is -1.67. The molecule has 1 aromatic heterocycles. The van der Waals surface area contributed by atoms with E-state index < -0.39 is 12.1 Å². The Balaban J connectivity index is 1.56. The summed E-state index contributed by atoms with van der Waals surface area (Å²) >= 11 is 0. The molecular formula is C21H28N2O5. The third kappa shape index (κ3) is 2.53. The van der Waals surface area contributed by atoms with E-state index >= 15 is 0 Å². The van der Waals surface area contributed by atoms with E-state index in [0.29, 0.717) is 6.54 Å². The summed E-state index contributed by atoms with van der Waals surface area (Å²) in [5.41, 5.74) is 3.30. The number of methoxy groups -OCH3 is 1. The number of rotatable bonds is 3. The molecule has 2 fully saturated rings. The van der Waals surface area contributed by atoms with Crippen LogP contribution in [0.3, 0.4) is 0 Å². The van der Waals surface area contributed by atoms with Crippen LogP contribution in [0.5, 0.6) is 0 Å². The lowest BCUT2D eigenvalue weighted by Gasteiger charge is -2.30. The average Bonchev–Trinajstić information content (AvgIpc) is 3.21. The normalized spacial score (nSPS) is 32.8. The first-order valence-corrected chi connectivity index (χ1v) is 9.98. The van der Waals surface area contributed by atoms with Crippen molar-refractivity contribution in [2.45, 2.75) is 83.0 Å². The van der Waals surface area contributed by atoms with Gasteiger partial charge in [0.15, 0.2) is 12.1 Å². The number of ether oxygens (including phenoxy) is 4. The summed E-state index contributed by atoms with van der Waals surface area (Å²) < 4.78 is 27.3.